The Morgan fingerprint density at radius 3 is 2.48 bits per heavy atom. The normalized spacial score (nSPS) is 11.2. The predicted octanol–water partition coefficient (Wildman–Crippen LogP) is 6.22. The molecule has 31 heavy (non-hydrogen) atoms. The van der Waals surface area contributed by atoms with Crippen LogP contribution in [-0.4, -0.2) is 29.0 Å². The fourth-order valence-electron chi connectivity index (χ4n) is 3.86. The highest BCUT2D eigenvalue weighted by molar-refractivity contribution is 6.30. The molecule has 0 aliphatic rings. The highest BCUT2D eigenvalue weighted by Crippen LogP contribution is 2.36. The average molecular weight is 430 g/mol. The largest absolute Gasteiger partial charge is 0.497 e. The van der Waals surface area contributed by atoms with Gasteiger partial charge < -0.3 is 9.47 Å². The Morgan fingerprint density at radius 2 is 1.68 bits per heavy atom. The van der Waals surface area contributed by atoms with E-state index in [1.54, 1.807) is 14.2 Å². The molecule has 154 valence electrons. The number of benzene rings is 3. The van der Waals surface area contributed by atoms with Gasteiger partial charge in [-0.05, 0) is 55.0 Å². The van der Waals surface area contributed by atoms with Crippen molar-refractivity contribution in [2.45, 2.75) is 6.92 Å². The van der Waals surface area contributed by atoms with Gasteiger partial charge in [0, 0.05) is 27.6 Å². The molecule has 0 bridgehead atoms. The number of rotatable bonds is 4. The number of hydrogen-bond acceptors (Lipinski definition) is 4. The van der Waals surface area contributed by atoms with Crippen LogP contribution in [0, 0.1) is 6.92 Å². The number of aromatic nitrogens is 3. The lowest BCUT2D eigenvalue weighted by molar-refractivity contribution is 0.415. The first-order valence-corrected chi connectivity index (χ1v) is 10.2. The first-order chi connectivity index (χ1) is 15.1. The van der Waals surface area contributed by atoms with Crippen LogP contribution in [0.1, 0.15) is 5.56 Å². The molecular weight excluding hydrogens is 410 g/mol. The molecule has 3 aromatic carbocycles. The Hall–Kier alpha value is -3.57. The van der Waals surface area contributed by atoms with Crippen molar-refractivity contribution < 1.29 is 9.47 Å². The van der Waals surface area contributed by atoms with Crippen molar-refractivity contribution >= 4 is 33.4 Å². The number of hydrogen-bond donors (Lipinski definition) is 0. The molecular formula is C25H20ClN3O2. The van der Waals surface area contributed by atoms with Gasteiger partial charge in [-0.2, -0.15) is 5.10 Å². The third-order valence-electron chi connectivity index (χ3n) is 5.46. The van der Waals surface area contributed by atoms with E-state index in [1.807, 2.05) is 78.5 Å². The molecule has 0 atom stereocenters. The molecule has 0 aliphatic heterocycles. The van der Waals surface area contributed by atoms with E-state index in [0.29, 0.717) is 5.02 Å². The second kappa shape index (κ2) is 7.60. The molecule has 0 unspecified atom stereocenters. The molecule has 0 radical (unpaired) electrons. The predicted molar refractivity (Wildman–Crippen MR) is 125 cm³/mol. The Kier molecular flexibility index (Phi) is 4.75. The number of aryl methyl sites for hydroxylation is 1. The molecule has 0 saturated heterocycles. The quantitative estimate of drug-likeness (QED) is 0.340. The van der Waals surface area contributed by atoms with Gasteiger partial charge in [0.05, 0.1) is 30.9 Å². The van der Waals surface area contributed by atoms with Crippen LogP contribution in [0.5, 0.6) is 11.5 Å². The van der Waals surface area contributed by atoms with Crippen molar-refractivity contribution in [2.75, 3.05) is 14.2 Å². The fourth-order valence-corrected chi connectivity index (χ4v) is 4.03. The summed E-state index contributed by atoms with van der Waals surface area (Å²) < 4.78 is 12.9. The lowest BCUT2D eigenvalue weighted by Crippen LogP contribution is -2.00. The van der Waals surface area contributed by atoms with Crippen molar-refractivity contribution in [3.8, 4) is 28.4 Å². The molecule has 0 spiro atoms. The highest BCUT2D eigenvalue weighted by atomic mass is 35.5. The number of pyridine rings is 1. The molecule has 5 nitrogen and oxygen atoms in total. The minimum atomic E-state index is 0.656. The third kappa shape index (κ3) is 3.27. The Labute approximate surface area is 184 Å². The minimum Gasteiger partial charge on any atom is -0.497 e. The van der Waals surface area contributed by atoms with Crippen LogP contribution in [0.15, 0.2) is 66.9 Å². The second-order valence-electron chi connectivity index (χ2n) is 7.33. The van der Waals surface area contributed by atoms with Crippen LogP contribution in [0.3, 0.4) is 0 Å². The number of methoxy groups -OCH3 is 2. The molecule has 0 fully saturated rings. The van der Waals surface area contributed by atoms with Crippen molar-refractivity contribution in [1.29, 1.82) is 0 Å². The molecule has 0 aliphatic carbocycles. The summed E-state index contributed by atoms with van der Waals surface area (Å²) in [6, 6.07) is 19.6. The molecule has 0 N–H and O–H groups in total. The summed E-state index contributed by atoms with van der Waals surface area (Å²) in [5.41, 5.74) is 5.58. The summed E-state index contributed by atoms with van der Waals surface area (Å²) in [5, 5.41) is 7.58. The van der Waals surface area contributed by atoms with Gasteiger partial charge in [-0.3, -0.25) is 4.98 Å². The Bertz CT molecular complexity index is 1440. The SMILES string of the molecule is COc1cccc(-c2nn(-c3cc(Cl)ccc3C)c3c2cnc2ccc(OC)cc23)c1. The second-order valence-corrected chi connectivity index (χ2v) is 7.76. The molecule has 6 heteroatoms. The van der Waals surface area contributed by atoms with E-state index in [2.05, 4.69) is 0 Å². The summed E-state index contributed by atoms with van der Waals surface area (Å²) in [6.45, 7) is 2.05. The van der Waals surface area contributed by atoms with Gasteiger partial charge in [-0.15, -0.1) is 0 Å². The van der Waals surface area contributed by atoms with Gasteiger partial charge in [0.1, 0.15) is 17.2 Å². The third-order valence-corrected chi connectivity index (χ3v) is 5.69. The van der Waals surface area contributed by atoms with E-state index in [1.165, 1.54) is 0 Å². The van der Waals surface area contributed by atoms with Crippen LogP contribution in [0.4, 0.5) is 0 Å². The van der Waals surface area contributed by atoms with Gasteiger partial charge >= 0.3 is 0 Å². The van der Waals surface area contributed by atoms with Crippen molar-refractivity contribution in [1.82, 2.24) is 14.8 Å². The van der Waals surface area contributed by atoms with E-state index < -0.39 is 0 Å². The Balaban J connectivity index is 1.92. The zero-order valence-electron chi connectivity index (χ0n) is 17.4. The molecule has 2 heterocycles. The van der Waals surface area contributed by atoms with Gasteiger partial charge in [-0.25, -0.2) is 4.68 Å². The topological polar surface area (TPSA) is 49.2 Å². The van der Waals surface area contributed by atoms with E-state index >= 15 is 0 Å². The smallest absolute Gasteiger partial charge is 0.119 e. The number of ether oxygens (including phenoxy) is 2. The van der Waals surface area contributed by atoms with Crippen LogP contribution < -0.4 is 9.47 Å². The molecule has 0 amide bonds. The van der Waals surface area contributed by atoms with Crippen molar-refractivity contribution in [3.05, 3.63) is 77.4 Å². The summed E-state index contributed by atoms with van der Waals surface area (Å²) >= 11 is 6.36. The van der Waals surface area contributed by atoms with Crippen LogP contribution in [-0.2, 0) is 0 Å². The van der Waals surface area contributed by atoms with Gasteiger partial charge in [0.2, 0.25) is 0 Å². The average Bonchev–Trinajstić information content (AvgIpc) is 3.20. The highest BCUT2D eigenvalue weighted by Gasteiger charge is 2.19. The maximum Gasteiger partial charge on any atom is 0.119 e. The zero-order chi connectivity index (χ0) is 21.5. The number of halogens is 1. The van der Waals surface area contributed by atoms with Gasteiger partial charge in [0.25, 0.3) is 0 Å². The minimum absolute atomic E-state index is 0.656. The summed E-state index contributed by atoms with van der Waals surface area (Å²) in [5.74, 6) is 1.54. The van der Waals surface area contributed by atoms with Crippen molar-refractivity contribution in [2.24, 2.45) is 0 Å². The first kappa shape index (κ1) is 19.4. The summed E-state index contributed by atoms with van der Waals surface area (Å²) in [4.78, 5) is 4.69. The lowest BCUT2D eigenvalue weighted by Gasteiger charge is -2.10. The van der Waals surface area contributed by atoms with E-state index in [0.717, 1.165) is 55.8 Å². The van der Waals surface area contributed by atoms with Crippen LogP contribution in [0.2, 0.25) is 5.02 Å². The monoisotopic (exact) mass is 429 g/mol. The van der Waals surface area contributed by atoms with Crippen LogP contribution >= 0.6 is 11.6 Å². The molecule has 0 saturated carbocycles. The fraction of sp³-hybridized carbons (Fsp3) is 0.120. The van der Waals surface area contributed by atoms with Crippen molar-refractivity contribution in [3.63, 3.8) is 0 Å². The zero-order valence-corrected chi connectivity index (χ0v) is 18.1. The number of fused-ring (bicyclic) bond motifs is 3. The maximum atomic E-state index is 6.36. The van der Waals surface area contributed by atoms with Gasteiger partial charge in [0.15, 0.2) is 0 Å². The molecule has 2 aromatic heterocycles. The lowest BCUT2D eigenvalue weighted by atomic mass is 10.1. The van der Waals surface area contributed by atoms with E-state index in [4.69, 9.17) is 31.2 Å². The number of nitrogens with zero attached hydrogens (tertiary/aromatic N) is 3. The van der Waals surface area contributed by atoms with E-state index in [-0.39, 0.29) is 0 Å². The first-order valence-electron chi connectivity index (χ1n) is 9.85. The molecule has 5 aromatic rings. The van der Waals surface area contributed by atoms with E-state index in [9.17, 15) is 0 Å². The Morgan fingerprint density at radius 1 is 0.871 bits per heavy atom. The standard InChI is InChI=1S/C25H20ClN3O2/c1-15-7-8-17(26)12-23(15)29-25-20-13-19(31-3)9-10-22(20)27-14-21(25)24(28-29)16-5-4-6-18(11-16)30-2/h4-14H,1-3H3. The maximum absolute atomic E-state index is 6.36. The molecule has 5 rings (SSSR count). The summed E-state index contributed by atoms with van der Waals surface area (Å²) in [6.07, 6.45) is 1.88. The summed E-state index contributed by atoms with van der Waals surface area (Å²) in [7, 11) is 3.32. The van der Waals surface area contributed by atoms with Gasteiger partial charge in [-0.1, -0.05) is 29.8 Å². The van der Waals surface area contributed by atoms with Crippen LogP contribution in [0.25, 0.3) is 38.8 Å².